The van der Waals surface area contributed by atoms with Crippen molar-refractivity contribution in [1.29, 1.82) is 0 Å². The lowest BCUT2D eigenvalue weighted by Gasteiger charge is -2.22. The van der Waals surface area contributed by atoms with Crippen LogP contribution in [0.3, 0.4) is 0 Å². The van der Waals surface area contributed by atoms with Crippen LogP contribution in [0.15, 0.2) is 18.2 Å². The third-order valence-electron chi connectivity index (χ3n) is 3.04. The first-order valence-corrected chi connectivity index (χ1v) is 6.31. The average molecular weight is 295 g/mol. The zero-order valence-corrected chi connectivity index (χ0v) is 12.0. The molecule has 21 heavy (non-hydrogen) atoms. The van der Waals surface area contributed by atoms with Gasteiger partial charge in [-0.1, -0.05) is 0 Å². The van der Waals surface area contributed by atoms with E-state index in [4.69, 9.17) is 5.11 Å². The fourth-order valence-corrected chi connectivity index (χ4v) is 1.73. The van der Waals surface area contributed by atoms with Gasteiger partial charge in [-0.2, -0.15) is 0 Å². The number of anilines is 1. The number of amides is 1. The number of nitrogens with zero attached hydrogens (tertiary/aromatic N) is 2. The molecule has 8 nitrogen and oxygen atoms in total. The minimum atomic E-state index is -1.30. The van der Waals surface area contributed by atoms with Gasteiger partial charge in [0.15, 0.2) is 0 Å². The Labute approximate surface area is 121 Å². The van der Waals surface area contributed by atoms with Gasteiger partial charge in [-0.3, -0.25) is 14.9 Å². The van der Waals surface area contributed by atoms with Crippen molar-refractivity contribution in [3.05, 3.63) is 33.9 Å². The Morgan fingerprint density at radius 2 is 2.10 bits per heavy atom. The maximum Gasteiger partial charge on any atom is 0.338 e. The second-order valence-corrected chi connectivity index (χ2v) is 4.51. The van der Waals surface area contributed by atoms with E-state index >= 15 is 0 Å². The third-order valence-corrected chi connectivity index (χ3v) is 3.04. The number of nitro groups is 1. The van der Waals surface area contributed by atoms with Crippen LogP contribution in [0.4, 0.5) is 11.4 Å². The van der Waals surface area contributed by atoms with Crippen molar-refractivity contribution in [3.8, 4) is 0 Å². The molecule has 0 saturated heterocycles. The van der Waals surface area contributed by atoms with Crippen LogP contribution in [0.1, 0.15) is 24.2 Å². The van der Waals surface area contributed by atoms with Gasteiger partial charge in [-0.05, 0) is 19.9 Å². The van der Waals surface area contributed by atoms with Crippen molar-refractivity contribution in [2.24, 2.45) is 0 Å². The Balaban J connectivity index is 3.05. The van der Waals surface area contributed by atoms with E-state index in [0.717, 1.165) is 6.07 Å². The topological polar surface area (TPSA) is 113 Å². The Morgan fingerprint density at radius 1 is 1.48 bits per heavy atom. The summed E-state index contributed by atoms with van der Waals surface area (Å²) in [6.45, 7) is 3.94. The van der Waals surface area contributed by atoms with Gasteiger partial charge in [-0.25, -0.2) is 4.79 Å². The summed E-state index contributed by atoms with van der Waals surface area (Å²) >= 11 is 0. The highest BCUT2D eigenvalue weighted by Crippen LogP contribution is 2.23. The molecule has 0 fully saturated rings. The minimum absolute atomic E-state index is 0.165. The molecule has 0 aromatic heterocycles. The third kappa shape index (κ3) is 3.91. The van der Waals surface area contributed by atoms with Gasteiger partial charge < -0.3 is 15.3 Å². The molecule has 0 aliphatic rings. The number of nitrogens with one attached hydrogen (secondary N) is 1. The van der Waals surface area contributed by atoms with Crippen LogP contribution in [0.2, 0.25) is 0 Å². The van der Waals surface area contributed by atoms with Crippen LogP contribution in [-0.2, 0) is 4.79 Å². The predicted octanol–water partition coefficient (Wildman–Crippen LogP) is 1.57. The van der Waals surface area contributed by atoms with Crippen LogP contribution >= 0.6 is 0 Å². The standard InChI is InChI=1S/C13H17N3O5/c1-4-15(3)12(17)8(2)14-11-6-5-9(16(20)21)7-10(11)13(18)19/h5-8,14H,4H2,1-3H3,(H,18,19). The highest BCUT2D eigenvalue weighted by atomic mass is 16.6. The van der Waals surface area contributed by atoms with Crippen molar-refractivity contribution in [2.45, 2.75) is 19.9 Å². The molecule has 1 atom stereocenters. The molecule has 0 heterocycles. The molecule has 0 aliphatic heterocycles. The number of non-ortho nitro benzene ring substituents is 1. The number of carbonyl (C=O) groups excluding carboxylic acids is 1. The molecule has 0 aliphatic carbocycles. The molecule has 1 aromatic carbocycles. The van der Waals surface area contributed by atoms with E-state index in [1.165, 1.54) is 17.0 Å². The molecule has 1 rings (SSSR count). The number of likely N-dealkylation sites (N-methyl/N-ethyl adjacent to an activating group) is 1. The highest BCUT2D eigenvalue weighted by molar-refractivity contribution is 5.96. The van der Waals surface area contributed by atoms with E-state index in [0.29, 0.717) is 6.54 Å². The molecule has 1 amide bonds. The highest BCUT2D eigenvalue weighted by Gasteiger charge is 2.21. The number of carbonyl (C=O) groups is 2. The molecule has 0 radical (unpaired) electrons. The molecular formula is C13H17N3O5. The first-order chi connectivity index (χ1) is 9.77. The van der Waals surface area contributed by atoms with Gasteiger partial charge in [-0.15, -0.1) is 0 Å². The van der Waals surface area contributed by atoms with Gasteiger partial charge in [0.1, 0.15) is 6.04 Å². The minimum Gasteiger partial charge on any atom is -0.478 e. The molecule has 0 spiro atoms. The second-order valence-electron chi connectivity index (χ2n) is 4.51. The molecule has 2 N–H and O–H groups in total. The fourth-order valence-electron chi connectivity index (χ4n) is 1.73. The van der Waals surface area contributed by atoms with Crippen LogP contribution in [0, 0.1) is 10.1 Å². The summed E-state index contributed by atoms with van der Waals surface area (Å²) in [6, 6.07) is 2.80. The van der Waals surface area contributed by atoms with Crippen molar-refractivity contribution < 1.29 is 19.6 Å². The second kappa shape index (κ2) is 6.69. The average Bonchev–Trinajstić information content (AvgIpc) is 2.45. The molecular weight excluding hydrogens is 278 g/mol. The molecule has 0 saturated carbocycles. The van der Waals surface area contributed by atoms with Gasteiger partial charge >= 0.3 is 5.97 Å². The lowest BCUT2D eigenvalue weighted by atomic mass is 10.1. The molecule has 1 unspecified atom stereocenters. The van der Waals surface area contributed by atoms with Crippen molar-refractivity contribution in [2.75, 3.05) is 18.9 Å². The first kappa shape index (κ1) is 16.4. The van der Waals surface area contributed by atoms with Crippen LogP contribution in [-0.4, -0.2) is 46.4 Å². The van der Waals surface area contributed by atoms with Gasteiger partial charge in [0, 0.05) is 31.4 Å². The number of benzene rings is 1. The number of nitro benzene ring substituents is 1. The van der Waals surface area contributed by atoms with Crippen molar-refractivity contribution >= 4 is 23.3 Å². The number of hydrogen-bond donors (Lipinski definition) is 2. The van der Waals surface area contributed by atoms with E-state index in [9.17, 15) is 19.7 Å². The Morgan fingerprint density at radius 3 is 2.57 bits per heavy atom. The number of rotatable bonds is 6. The number of hydrogen-bond acceptors (Lipinski definition) is 5. The maximum atomic E-state index is 11.9. The largest absolute Gasteiger partial charge is 0.478 e. The lowest BCUT2D eigenvalue weighted by Crippen LogP contribution is -2.39. The maximum absolute atomic E-state index is 11.9. The molecule has 114 valence electrons. The van der Waals surface area contributed by atoms with Gasteiger partial charge in [0.05, 0.1) is 10.5 Å². The molecule has 8 heteroatoms. The Kier molecular flexibility index (Phi) is 5.23. The van der Waals surface area contributed by atoms with Gasteiger partial charge in [0.25, 0.3) is 5.69 Å². The van der Waals surface area contributed by atoms with E-state index in [2.05, 4.69) is 5.32 Å². The van der Waals surface area contributed by atoms with Crippen molar-refractivity contribution in [1.82, 2.24) is 4.90 Å². The van der Waals surface area contributed by atoms with Gasteiger partial charge in [0.2, 0.25) is 5.91 Å². The summed E-state index contributed by atoms with van der Waals surface area (Å²) in [4.78, 5) is 34.6. The predicted molar refractivity (Wildman–Crippen MR) is 76.5 cm³/mol. The summed E-state index contributed by atoms with van der Waals surface area (Å²) in [7, 11) is 1.63. The van der Waals surface area contributed by atoms with E-state index in [1.807, 2.05) is 6.92 Å². The summed E-state index contributed by atoms with van der Waals surface area (Å²) in [5, 5.41) is 22.6. The number of carboxylic acid groups (broad SMARTS) is 1. The number of carboxylic acids is 1. The quantitative estimate of drug-likeness (QED) is 0.608. The fraction of sp³-hybridized carbons (Fsp3) is 0.385. The summed E-state index contributed by atoms with van der Waals surface area (Å²) in [5.41, 5.74) is -0.399. The first-order valence-electron chi connectivity index (χ1n) is 6.31. The molecule has 0 bridgehead atoms. The monoisotopic (exact) mass is 295 g/mol. The van der Waals surface area contributed by atoms with Crippen molar-refractivity contribution in [3.63, 3.8) is 0 Å². The Hall–Kier alpha value is -2.64. The normalized spacial score (nSPS) is 11.6. The summed E-state index contributed by atoms with van der Waals surface area (Å²) in [5.74, 6) is -1.50. The van der Waals surface area contributed by atoms with E-state index < -0.39 is 16.9 Å². The zero-order chi connectivity index (χ0) is 16.2. The number of aromatic carboxylic acids is 1. The summed E-state index contributed by atoms with van der Waals surface area (Å²) < 4.78 is 0. The van der Waals surface area contributed by atoms with Crippen LogP contribution < -0.4 is 5.32 Å². The smallest absolute Gasteiger partial charge is 0.338 e. The van der Waals surface area contributed by atoms with Crippen LogP contribution in [0.25, 0.3) is 0 Å². The van der Waals surface area contributed by atoms with Crippen LogP contribution in [0.5, 0.6) is 0 Å². The summed E-state index contributed by atoms with van der Waals surface area (Å²) in [6.07, 6.45) is 0. The SMILES string of the molecule is CCN(C)C(=O)C(C)Nc1ccc([N+](=O)[O-])cc1C(=O)O. The lowest BCUT2D eigenvalue weighted by molar-refractivity contribution is -0.384. The van der Waals surface area contributed by atoms with E-state index in [1.54, 1.807) is 14.0 Å². The zero-order valence-electron chi connectivity index (χ0n) is 12.0. The Bertz CT molecular complexity index is 573. The molecule has 1 aromatic rings. The van der Waals surface area contributed by atoms with E-state index in [-0.39, 0.29) is 22.8 Å².